The van der Waals surface area contributed by atoms with Crippen LogP contribution in [0.1, 0.15) is 32.8 Å². The van der Waals surface area contributed by atoms with Gasteiger partial charge in [0.2, 0.25) is 0 Å². The number of fused-ring (bicyclic) bond motifs is 1. The molecule has 24 heavy (non-hydrogen) atoms. The fraction of sp³-hybridized carbons (Fsp3) is 0.273. The van der Waals surface area contributed by atoms with Gasteiger partial charge in [-0.05, 0) is 54.0 Å². The predicted molar refractivity (Wildman–Crippen MR) is 116 cm³/mol. The highest BCUT2D eigenvalue weighted by Crippen LogP contribution is 2.27. The smallest absolute Gasteiger partial charge is 0.136 e. The number of allylic oxidation sites excluding steroid dienone is 3. The SMILES string of the molecule is C=C/C=c1/c2c(c(=C)c(=C/C)/c1=C(/C)CCI)C(C=C)=C(C)CO2. The Morgan fingerprint density at radius 3 is 2.54 bits per heavy atom. The van der Waals surface area contributed by atoms with E-state index in [1.165, 1.54) is 21.6 Å². The van der Waals surface area contributed by atoms with Gasteiger partial charge >= 0.3 is 0 Å². The molecule has 0 saturated carbocycles. The summed E-state index contributed by atoms with van der Waals surface area (Å²) in [5.41, 5.74) is 4.75. The molecule has 0 bridgehead atoms. The van der Waals surface area contributed by atoms with Gasteiger partial charge in [-0.1, -0.05) is 72.2 Å². The van der Waals surface area contributed by atoms with E-state index in [1.54, 1.807) is 0 Å². The summed E-state index contributed by atoms with van der Waals surface area (Å²) in [7, 11) is 0. The summed E-state index contributed by atoms with van der Waals surface area (Å²) in [6.45, 7) is 19.3. The Bertz CT molecular complexity index is 945. The molecular weight excluding hydrogens is 407 g/mol. The van der Waals surface area contributed by atoms with Gasteiger partial charge in [-0.25, -0.2) is 0 Å². The van der Waals surface area contributed by atoms with E-state index in [-0.39, 0.29) is 0 Å². The highest BCUT2D eigenvalue weighted by molar-refractivity contribution is 14.1. The fourth-order valence-electron chi connectivity index (χ4n) is 3.32. The van der Waals surface area contributed by atoms with Gasteiger partial charge in [0.1, 0.15) is 12.4 Å². The molecule has 0 unspecified atom stereocenters. The summed E-state index contributed by atoms with van der Waals surface area (Å²) in [5.74, 6) is 0.911. The topological polar surface area (TPSA) is 9.23 Å². The van der Waals surface area contributed by atoms with Crippen molar-refractivity contribution in [3.63, 3.8) is 0 Å². The van der Waals surface area contributed by atoms with Crippen molar-refractivity contribution in [2.45, 2.75) is 27.2 Å². The second-order valence-corrected chi connectivity index (χ2v) is 7.06. The molecule has 0 spiro atoms. The predicted octanol–water partition coefficient (Wildman–Crippen LogP) is 3.21. The van der Waals surface area contributed by atoms with E-state index in [2.05, 4.69) is 75.3 Å². The van der Waals surface area contributed by atoms with Crippen LogP contribution in [0.2, 0.25) is 0 Å². The highest BCUT2D eigenvalue weighted by atomic mass is 127. The Morgan fingerprint density at radius 2 is 2.00 bits per heavy atom. The van der Waals surface area contributed by atoms with E-state index in [0.717, 1.165) is 38.2 Å². The number of benzene rings is 1. The number of ether oxygens (including phenoxy) is 1. The molecular formula is C22H25IO. The Kier molecular flexibility index (Phi) is 6.27. The third-order valence-corrected chi connectivity index (χ3v) is 5.01. The van der Waals surface area contributed by atoms with E-state index in [0.29, 0.717) is 6.61 Å². The van der Waals surface area contributed by atoms with Crippen LogP contribution in [0.4, 0.5) is 0 Å². The fourth-order valence-corrected chi connectivity index (χ4v) is 4.13. The first-order chi connectivity index (χ1) is 11.5. The van der Waals surface area contributed by atoms with Gasteiger partial charge in [0, 0.05) is 15.2 Å². The summed E-state index contributed by atoms with van der Waals surface area (Å²) in [6, 6.07) is 0. The van der Waals surface area contributed by atoms with Gasteiger partial charge in [-0.15, -0.1) is 0 Å². The van der Waals surface area contributed by atoms with Gasteiger partial charge in [0.05, 0.1) is 0 Å². The van der Waals surface area contributed by atoms with Gasteiger partial charge in [-0.3, -0.25) is 0 Å². The van der Waals surface area contributed by atoms with Gasteiger partial charge < -0.3 is 4.74 Å². The van der Waals surface area contributed by atoms with Gasteiger partial charge in [-0.2, -0.15) is 0 Å². The van der Waals surface area contributed by atoms with Crippen LogP contribution in [0.15, 0.2) is 30.9 Å². The molecule has 0 aliphatic carbocycles. The molecule has 1 heterocycles. The van der Waals surface area contributed by atoms with Crippen LogP contribution < -0.4 is 25.6 Å². The van der Waals surface area contributed by atoms with Crippen LogP contribution >= 0.6 is 22.6 Å². The molecule has 1 nitrogen and oxygen atoms in total. The van der Waals surface area contributed by atoms with E-state index in [4.69, 9.17) is 4.74 Å². The lowest BCUT2D eigenvalue weighted by atomic mass is 9.91. The molecule has 1 aliphatic rings. The number of rotatable bonds is 4. The Labute approximate surface area is 158 Å². The van der Waals surface area contributed by atoms with Crippen molar-refractivity contribution in [2.24, 2.45) is 0 Å². The third-order valence-electron chi connectivity index (χ3n) is 4.47. The normalized spacial score (nSPS) is 16.7. The highest BCUT2D eigenvalue weighted by Gasteiger charge is 2.19. The molecule has 1 aromatic rings. The molecule has 0 saturated heterocycles. The molecule has 2 heteroatoms. The minimum absolute atomic E-state index is 0.589. The second kappa shape index (κ2) is 8.02. The molecule has 2 rings (SSSR count). The summed E-state index contributed by atoms with van der Waals surface area (Å²) in [4.78, 5) is 0. The van der Waals surface area contributed by atoms with Gasteiger partial charge in [0.15, 0.2) is 0 Å². The van der Waals surface area contributed by atoms with Crippen LogP contribution in [-0.2, 0) is 0 Å². The summed E-state index contributed by atoms with van der Waals surface area (Å²) in [5, 5.41) is 4.54. The lowest BCUT2D eigenvalue weighted by Gasteiger charge is -2.23. The van der Waals surface area contributed by atoms with Crippen molar-refractivity contribution in [1.82, 2.24) is 0 Å². The van der Waals surface area contributed by atoms with Crippen molar-refractivity contribution in [1.29, 1.82) is 0 Å². The maximum absolute atomic E-state index is 6.15. The lowest BCUT2D eigenvalue weighted by Crippen LogP contribution is -2.51. The molecule has 0 N–H and O–H groups in total. The van der Waals surface area contributed by atoms with Crippen molar-refractivity contribution in [3.05, 3.63) is 57.3 Å². The van der Waals surface area contributed by atoms with E-state index in [9.17, 15) is 0 Å². The Balaban J connectivity index is 3.22. The van der Waals surface area contributed by atoms with E-state index < -0.39 is 0 Å². The first-order valence-electron chi connectivity index (χ1n) is 8.16. The number of halogens is 1. The second-order valence-electron chi connectivity index (χ2n) is 5.98. The van der Waals surface area contributed by atoms with Gasteiger partial charge in [0.25, 0.3) is 0 Å². The standard InChI is InChI=1S/C22H25IO/c1-7-10-19-20(14(4)11-12-23)18(9-3)16(6)21-17(8-2)15(5)13-24-22(19)21/h7-10H,1-2,6,11-13H2,3-5H3/b18-9-,19-10+,20-14+. The monoisotopic (exact) mass is 432 g/mol. The summed E-state index contributed by atoms with van der Waals surface area (Å²) in [6.07, 6.45) is 9.00. The average molecular weight is 432 g/mol. The van der Waals surface area contributed by atoms with Crippen molar-refractivity contribution < 1.29 is 4.74 Å². The molecule has 0 amide bonds. The molecule has 1 aliphatic heterocycles. The maximum atomic E-state index is 6.15. The van der Waals surface area contributed by atoms with E-state index >= 15 is 0 Å². The van der Waals surface area contributed by atoms with Crippen molar-refractivity contribution in [3.8, 4) is 5.75 Å². The van der Waals surface area contributed by atoms with Crippen molar-refractivity contribution >= 4 is 52.5 Å². The number of alkyl halides is 1. The number of hydrogen-bond donors (Lipinski definition) is 0. The number of hydrogen-bond acceptors (Lipinski definition) is 1. The average Bonchev–Trinajstić information content (AvgIpc) is 2.57. The summed E-state index contributed by atoms with van der Waals surface area (Å²) >= 11 is 2.42. The molecule has 1 aromatic carbocycles. The van der Waals surface area contributed by atoms with Crippen LogP contribution in [0.25, 0.3) is 29.9 Å². The largest absolute Gasteiger partial charge is 0.488 e. The Hall–Kier alpha value is -1.55. The minimum atomic E-state index is 0.589. The zero-order valence-corrected chi connectivity index (χ0v) is 17.0. The van der Waals surface area contributed by atoms with Crippen LogP contribution in [0, 0.1) is 0 Å². The maximum Gasteiger partial charge on any atom is 0.136 e. The van der Waals surface area contributed by atoms with Crippen LogP contribution in [-0.4, -0.2) is 11.0 Å². The minimum Gasteiger partial charge on any atom is -0.488 e. The molecule has 0 radical (unpaired) electrons. The van der Waals surface area contributed by atoms with Crippen molar-refractivity contribution in [2.75, 3.05) is 11.0 Å². The van der Waals surface area contributed by atoms with Crippen LogP contribution in [0.5, 0.6) is 5.75 Å². The molecule has 0 aromatic heterocycles. The zero-order valence-electron chi connectivity index (χ0n) is 14.8. The first kappa shape index (κ1) is 18.8. The van der Waals surface area contributed by atoms with Crippen LogP contribution in [0.3, 0.4) is 0 Å². The third kappa shape index (κ3) is 3.16. The van der Waals surface area contributed by atoms with E-state index in [1.807, 2.05) is 12.2 Å². The quantitative estimate of drug-likeness (QED) is 0.525. The molecule has 126 valence electrons. The zero-order chi connectivity index (χ0) is 17.9. The molecule has 0 atom stereocenters. The Morgan fingerprint density at radius 1 is 1.29 bits per heavy atom. The molecule has 0 fully saturated rings. The summed E-state index contributed by atoms with van der Waals surface area (Å²) < 4.78 is 7.23. The lowest BCUT2D eigenvalue weighted by molar-refractivity contribution is 0.342. The first-order valence-corrected chi connectivity index (χ1v) is 9.69.